The molecule has 33 heavy (non-hydrogen) atoms. The zero-order valence-electron chi connectivity index (χ0n) is 19.6. The summed E-state index contributed by atoms with van der Waals surface area (Å²) in [6.45, 7) is 8.07. The highest BCUT2D eigenvalue weighted by molar-refractivity contribution is 5.94. The molecule has 0 aliphatic rings. The molecular weight excluding hydrogens is 410 g/mol. The van der Waals surface area contributed by atoms with Gasteiger partial charge in [0.25, 0.3) is 5.91 Å². The summed E-state index contributed by atoms with van der Waals surface area (Å²) < 4.78 is 8.19. The average Bonchev–Trinajstić information content (AvgIpc) is 3.16. The second-order valence-corrected chi connectivity index (χ2v) is 8.54. The van der Waals surface area contributed by atoms with E-state index in [1.165, 1.54) is 11.1 Å². The molecule has 0 saturated carbocycles. The van der Waals surface area contributed by atoms with Gasteiger partial charge in [-0.1, -0.05) is 47.5 Å². The Morgan fingerprint density at radius 3 is 2.48 bits per heavy atom. The number of nitrogens with zero attached hydrogens (tertiary/aromatic N) is 2. The molecule has 5 heteroatoms. The van der Waals surface area contributed by atoms with Gasteiger partial charge < -0.3 is 14.6 Å². The number of amides is 1. The van der Waals surface area contributed by atoms with Gasteiger partial charge in [0, 0.05) is 12.1 Å². The lowest BCUT2D eigenvalue weighted by molar-refractivity contribution is 0.0949. The van der Waals surface area contributed by atoms with Crippen molar-refractivity contribution in [2.24, 2.45) is 0 Å². The number of hydrogen-bond donors (Lipinski definition) is 1. The molecule has 0 saturated heterocycles. The van der Waals surface area contributed by atoms with Crippen LogP contribution in [0.5, 0.6) is 5.75 Å². The topological polar surface area (TPSA) is 56.2 Å². The van der Waals surface area contributed by atoms with Gasteiger partial charge in [0.2, 0.25) is 0 Å². The van der Waals surface area contributed by atoms with Gasteiger partial charge in [-0.3, -0.25) is 4.79 Å². The van der Waals surface area contributed by atoms with Gasteiger partial charge in [-0.05, 0) is 69.5 Å². The van der Waals surface area contributed by atoms with Crippen molar-refractivity contribution in [1.82, 2.24) is 14.9 Å². The van der Waals surface area contributed by atoms with E-state index in [9.17, 15) is 4.79 Å². The maximum atomic E-state index is 12.6. The van der Waals surface area contributed by atoms with Gasteiger partial charge in [-0.25, -0.2) is 4.98 Å². The monoisotopic (exact) mass is 441 g/mol. The number of unbranched alkanes of at least 4 members (excludes halogenated alkanes) is 1. The Kier molecular flexibility index (Phi) is 7.08. The molecule has 0 unspecified atom stereocenters. The van der Waals surface area contributed by atoms with Crippen LogP contribution in [0.25, 0.3) is 11.0 Å². The van der Waals surface area contributed by atoms with E-state index >= 15 is 0 Å². The molecule has 1 heterocycles. The van der Waals surface area contributed by atoms with Crippen LogP contribution in [0, 0.1) is 20.8 Å². The van der Waals surface area contributed by atoms with Crippen molar-refractivity contribution < 1.29 is 9.53 Å². The Balaban J connectivity index is 1.37. The fourth-order valence-corrected chi connectivity index (χ4v) is 3.99. The van der Waals surface area contributed by atoms with Crippen molar-refractivity contribution in [2.75, 3.05) is 6.61 Å². The van der Waals surface area contributed by atoms with Crippen molar-refractivity contribution in [3.63, 3.8) is 0 Å². The van der Waals surface area contributed by atoms with Gasteiger partial charge in [0.05, 0.1) is 24.2 Å². The van der Waals surface area contributed by atoms with E-state index in [1.807, 2.05) is 55.5 Å². The van der Waals surface area contributed by atoms with E-state index in [0.29, 0.717) is 18.7 Å². The SMILES string of the molecule is Cc1ccc(C(=O)NCc2nc3ccccc3n2CCCCOc2ccc(C)cc2C)cc1. The molecule has 1 N–H and O–H groups in total. The summed E-state index contributed by atoms with van der Waals surface area (Å²) in [7, 11) is 0. The molecule has 0 fully saturated rings. The maximum Gasteiger partial charge on any atom is 0.251 e. The van der Waals surface area contributed by atoms with Crippen LogP contribution in [-0.4, -0.2) is 22.1 Å². The minimum Gasteiger partial charge on any atom is -0.493 e. The highest BCUT2D eigenvalue weighted by atomic mass is 16.5. The Hall–Kier alpha value is -3.60. The molecule has 1 aromatic heterocycles. The van der Waals surface area contributed by atoms with Crippen LogP contribution >= 0.6 is 0 Å². The van der Waals surface area contributed by atoms with Gasteiger partial charge in [-0.2, -0.15) is 0 Å². The Labute approximate surface area is 195 Å². The van der Waals surface area contributed by atoms with Crippen molar-refractivity contribution in [3.05, 3.63) is 94.8 Å². The van der Waals surface area contributed by atoms with E-state index in [-0.39, 0.29) is 5.91 Å². The lowest BCUT2D eigenvalue weighted by atomic mass is 10.1. The third-order valence-electron chi connectivity index (χ3n) is 5.82. The maximum absolute atomic E-state index is 12.6. The summed E-state index contributed by atoms with van der Waals surface area (Å²) in [5.41, 5.74) is 6.24. The van der Waals surface area contributed by atoms with Gasteiger partial charge in [0.1, 0.15) is 11.6 Å². The van der Waals surface area contributed by atoms with Crippen LogP contribution in [0.2, 0.25) is 0 Å². The van der Waals surface area contributed by atoms with E-state index in [4.69, 9.17) is 9.72 Å². The number of aryl methyl sites for hydroxylation is 4. The minimum atomic E-state index is -0.0875. The lowest BCUT2D eigenvalue weighted by Gasteiger charge is -2.12. The number of rotatable bonds is 9. The molecule has 0 aliphatic heterocycles. The fourth-order valence-electron chi connectivity index (χ4n) is 3.99. The van der Waals surface area contributed by atoms with Crippen LogP contribution in [0.3, 0.4) is 0 Å². The normalized spacial score (nSPS) is 11.0. The van der Waals surface area contributed by atoms with E-state index in [1.54, 1.807) is 0 Å². The number of aromatic nitrogens is 2. The molecule has 3 aromatic carbocycles. The first kappa shape index (κ1) is 22.6. The van der Waals surface area contributed by atoms with Crippen LogP contribution in [0.15, 0.2) is 66.7 Å². The summed E-state index contributed by atoms with van der Waals surface area (Å²) in [6, 6.07) is 22.0. The number of ether oxygens (including phenoxy) is 1. The number of carbonyl (C=O) groups is 1. The number of carbonyl (C=O) groups excluding carboxylic acids is 1. The van der Waals surface area contributed by atoms with E-state index in [0.717, 1.165) is 47.6 Å². The molecule has 5 nitrogen and oxygen atoms in total. The third-order valence-corrected chi connectivity index (χ3v) is 5.82. The van der Waals surface area contributed by atoms with Gasteiger partial charge >= 0.3 is 0 Å². The summed E-state index contributed by atoms with van der Waals surface area (Å²) in [6.07, 6.45) is 1.90. The molecule has 4 aromatic rings. The minimum absolute atomic E-state index is 0.0875. The molecule has 4 rings (SSSR count). The number of fused-ring (bicyclic) bond motifs is 1. The van der Waals surface area contributed by atoms with Crippen molar-refractivity contribution in [2.45, 2.75) is 46.7 Å². The number of nitrogens with one attached hydrogen (secondary N) is 1. The largest absolute Gasteiger partial charge is 0.493 e. The first-order chi connectivity index (χ1) is 16.0. The van der Waals surface area contributed by atoms with Gasteiger partial charge in [-0.15, -0.1) is 0 Å². The van der Waals surface area contributed by atoms with E-state index < -0.39 is 0 Å². The molecule has 170 valence electrons. The molecule has 0 spiro atoms. The predicted octanol–water partition coefficient (Wildman–Crippen LogP) is 5.75. The highest BCUT2D eigenvalue weighted by Crippen LogP contribution is 2.20. The van der Waals surface area contributed by atoms with Crippen LogP contribution < -0.4 is 10.1 Å². The van der Waals surface area contributed by atoms with Crippen molar-refractivity contribution >= 4 is 16.9 Å². The number of hydrogen-bond acceptors (Lipinski definition) is 3. The van der Waals surface area contributed by atoms with Crippen molar-refractivity contribution in [3.8, 4) is 5.75 Å². The quantitative estimate of drug-likeness (QED) is 0.337. The third kappa shape index (κ3) is 5.61. The number of para-hydroxylation sites is 2. The summed E-state index contributed by atoms with van der Waals surface area (Å²) in [5.74, 6) is 1.73. The predicted molar refractivity (Wildman–Crippen MR) is 133 cm³/mol. The highest BCUT2D eigenvalue weighted by Gasteiger charge is 2.12. The first-order valence-electron chi connectivity index (χ1n) is 11.5. The standard InChI is InChI=1S/C28H31N3O2/c1-20-10-13-23(14-11-20)28(32)29-19-27-30-24-8-4-5-9-25(24)31(27)16-6-7-17-33-26-15-12-21(2)18-22(26)3/h4-5,8-15,18H,6-7,16-17,19H2,1-3H3,(H,29,32). The molecular formula is C28H31N3O2. The molecule has 0 aliphatic carbocycles. The van der Waals surface area contributed by atoms with Crippen molar-refractivity contribution in [1.29, 1.82) is 0 Å². The number of benzene rings is 3. The molecule has 0 radical (unpaired) electrons. The van der Waals surface area contributed by atoms with Crippen LogP contribution in [-0.2, 0) is 13.1 Å². The van der Waals surface area contributed by atoms with E-state index in [2.05, 4.69) is 41.9 Å². The molecule has 0 atom stereocenters. The summed E-state index contributed by atoms with van der Waals surface area (Å²) in [4.78, 5) is 17.3. The smallest absolute Gasteiger partial charge is 0.251 e. The van der Waals surface area contributed by atoms with Crippen LogP contribution in [0.1, 0.15) is 45.7 Å². The second-order valence-electron chi connectivity index (χ2n) is 8.54. The van der Waals surface area contributed by atoms with Gasteiger partial charge in [0.15, 0.2) is 0 Å². The summed E-state index contributed by atoms with van der Waals surface area (Å²) in [5, 5.41) is 3.02. The zero-order chi connectivity index (χ0) is 23.2. The number of imidazole rings is 1. The molecule has 0 bridgehead atoms. The molecule has 1 amide bonds. The average molecular weight is 442 g/mol. The second kappa shape index (κ2) is 10.3. The lowest BCUT2D eigenvalue weighted by Crippen LogP contribution is -2.24. The first-order valence-corrected chi connectivity index (χ1v) is 11.5. The fraction of sp³-hybridized carbons (Fsp3) is 0.286. The summed E-state index contributed by atoms with van der Waals surface area (Å²) >= 11 is 0. The van der Waals surface area contributed by atoms with Crippen LogP contribution in [0.4, 0.5) is 0 Å². The Morgan fingerprint density at radius 2 is 1.70 bits per heavy atom. The Bertz CT molecular complexity index is 1240. The zero-order valence-corrected chi connectivity index (χ0v) is 19.6. The Morgan fingerprint density at radius 1 is 0.939 bits per heavy atom.